The highest BCUT2D eigenvalue weighted by Crippen LogP contribution is 2.45. The van der Waals surface area contributed by atoms with Crippen molar-refractivity contribution in [3.63, 3.8) is 0 Å². The van der Waals surface area contributed by atoms with Gasteiger partial charge in [-0.05, 0) is 30.2 Å². The molecule has 1 aromatic carbocycles. The van der Waals surface area contributed by atoms with Crippen LogP contribution in [-0.2, 0) is 16.0 Å². The second-order valence-electron chi connectivity index (χ2n) is 4.92. The Labute approximate surface area is 119 Å². The van der Waals surface area contributed by atoms with Crippen LogP contribution in [0.3, 0.4) is 0 Å². The second-order valence-corrected chi connectivity index (χ2v) is 5.90. The van der Waals surface area contributed by atoms with E-state index in [1.807, 2.05) is 18.2 Å². The van der Waals surface area contributed by atoms with Crippen LogP contribution in [0.4, 0.5) is 10.5 Å². The van der Waals surface area contributed by atoms with Crippen LogP contribution in [0.1, 0.15) is 17.5 Å². The molecule has 20 heavy (non-hydrogen) atoms. The van der Waals surface area contributed by atoms with Crippen LogP contribution < -0.4 is 10.2 Å². The molecule has 0 bridgehead atoms. The molecular weight excluding hydrogens is 276 g/mol. The van der Waals surface area contributed by atoms with Crippen LogP contribution >= 0.6 is 11.8 Å². The van der Waals surface area contributed by atoms with E-state index in [4.69, 9.17) is 0 Å². The molecule has 1 fully saturated rings. The molecule has 3 amide bonds. The smallest absolute Gasteiger partial charge is 0.290 e. The lowest BCUT2D eigenvalue weighted by Gasteiger charge is -2.24. The lowest BCUT2D eigenvalue weighted by Crippen LogP contribution is -2.31. The van der Waals surface area contributed by atoms with Crippen molar-refractivity contribution < 1.29 is 14.4 Å². The number of carbonyl (C=O) groups excluding carboxylic acids is 3. The van der Waals surface area contributed by atoms with E-state index >= 15 is 0 Å². The van der Waals surface area contributed by atoms with Gasteiger partial charge in [0.2, 0.25) is 0 Å². The normalized spacial score (nSPS) is 24.2. The molecular formula is C14H10N2O3S. The van der Waals surface area contributed by atoms with Crippen molar-refractivity contribution in [2.24, 2.45) is 0 Å². The predicted molar refractivity (Wildman–Crippen MR) is 75.2 cm³/mol. The van der Waals surface area contributed by atoms with Gasteiger partial charge in [-0.3, -0.25) is 19.7 Å². The summed E-state index contributed by atoms with van der Waals surface area (Å²) in [6.07, 6.45) is 1.86. The first kappa shape index (κ1) is 11.7. The van der Waals surface area contributed by atoms with Gasteiger partial charge in [0.15, 0.2) is 0 Å². The summed E-state index contributed by atoms with van der Waals surface area (Å²) >= 11 is 0.810. The maximum absolute atomic E-state index is 12.6. The predicted octanol–water partition coefficient (Wildman–Crippen LogP) is 1.67. The Balaban J connectivity index is 1.99. The number of rotatable bonds is 0. The third-order valence-corrected chi connectivity index (χ3v) is 4.67. The second kappa shape index (κ2) is 3.96. The number of imide groups is 1. The zero-order valence-corrected chi connectivity index (χ0v) is 11.3. The third-order valence-electron chi connectivity index (χ3n) is 3.79. The summed E-state index contributed by atoms with van der Waals surface area (Å²) in [5.74, 6) is -0.639. The van der Waals surface area contributed by atoms with Crippen LogP contribution in [0.5, 0.6) is 0 Å². The van der Waals surface area contributed by atoms with Crippen LogP contribution in [0.25, 0.3) is 5.57 Å². The van der Waals surface area contributed by atoms with Crippen LogP contribution in [0.15, 0.2) is 23.1 Å². The molecule has 3 heterocycles. The lowest BCUT2D eigenvalue weighted by molar-refractivity contribution is -0.116. The third kappa shape index (κ3) is 1.42. The van der Waals surface area contributed by atoms with Gasteiger partial charge >= 0.3 is 0 Å². The number of aryl methyl sites for hydroxylation is 1. The number of hydrogen-bond donors (Lipinski definition) is 1. The van der Waals surface area contributed by atoms with Crippen molar-refractivity contribution in [1.29, 1.82) is 0 Å². The summed E-state index contributed by atoms with van der Waals surface area (Å²) < 4.78 is 0. The minimum atomic E-state index is -0.471. The minimum Gasteiger partial charge on any atom is -0.307 e. The first-order chi connectivity index (χ1) is 9.66. The molecule has 3 aliphatic heterocycles. The van der Waals surface area contributed by atoms with Crippen LogP contribution in [-0.4, -0.2) is 23.6 Å². The van der Waals surface area contributed by atoms with Gasteiger partial charge in [-0.15, -0.1) is 0 Å². The van der Waals surface area contributed by atoms with Crippen molar-refractivity contribution in [3.8, 4) is 0 Å². The summed E-state index contributed by atoms with van der Waals surface area (Å²) in [5.41, 5.74) is 3.20. The van der Waals surface area contributed by atoms with Crippen LogP contribution in [0.2, 0.25) is 0 Å². The van der Waals surface area contributed by atoms with E-state index in [2.05, 4.69) is 5.32 Å². The highest BCUT2D eigenvalue weighted by molar-refractivity contribution is 8.18. The van der Waals surface area contributed by atoms with E-state index in [9.17, 15) is 14.4 Å². The SMILES string of the molecule is O=C1NC(=O)/C(=C2/C(=O)N3CCCc4cccc2c43)S1. The molecule has 0 atom stereocenters. The molecule has 100 valence electrons. The van der Waals surface area contributed by atoms with Gasteiger partial charge in [0.05, 0.1) is 16.2 Å². The van der Waals surface area contributed by atoms with Crippen LogP contribution in [0, 0.1) is 0 Å². The molecule has 0 unspecified atom stereocenters. The number of hydrogen-bond acceptors (Lipinski definition) is 4. The topological polar surface area (TPSA) is 66.5 Å². The van der Waals surface area contributed by atoms with Gasteiger partial charge in [-0.1, -0.05) is 18.2 Å². The number of anilines is 1. The average molecular weight is 286 g/mol. The number of amides is 3. The molecule has 0 radical (unpaired) electrons. The maximum atomic E-state index is 12.6. The number of nitrogens with zero attached hydrogens (tertiary/aromatic N) is 1. The van der Waals surface area contributed by atoms with Crippen molar-refractivity contribution in [2.75, 3.05) is 11.4 Å². The molecule has 0 saturated carbocycles. The van der Waals surface area contributed by atoms with Gasteiger partial charge in [0.25, 0.3) is 17.1 Å². The number of para-hydroxylation sites is 1. The number of carbonyl (C=O) groups is 3. The summed E-state index contributed by atoms with van der Waals surface area (Å²) in [6.45, 7) is 0.667. The average Bonchev–Trinajstić information content (AvgIpc) is 2.90. The largest absolute Gasteiger partial charge is 0.307 e. The Kier molecular flexibility index (Phi) is 2.32. The molecule has 4 rings (SSSR count). The van der Waals surface area contributed by atoms with Crippen molar-refractivity contribution >= 4 is 40.1 Å². The Morgan fingerprint density at radius 1 is 1.20 bits per heavy atom. The van der Waals surface area contributed by atoms with E-state index in [1.54, 1.807) is 4.90 Å². The highest BCUT2D eigenvalue weighted by Gasteiger charge is 2.41. The van der Waals surface area contributed by atoms with Gasteiger partial charge in [0.1, 0.15) is 0 Å². The zero-order valence-electron chi connectivity index (χ0n) is 10.4. The Hall–Kier alpha value is -2.08. The first-order valence-corrected chi connectivity index (χ1v) is 7.20. The Morgan fingerprint density at radius 3 is 2.80 bits per heavy atom. The van der Waals surface area contributed by atoms with Crippen molar-refractivity contribution in [2.45, 2.75) is 12.8 Å². The summed E-state index contributed by atoms with van der Waals surface area (Å²) in [6, 6.07) is 5.76. The summed E-state index contributed by atoms with van der Waals surface area (Å²) in [5, 5.41) is 1.79. The standard InChI is InChI=1S/C14H10N2O3S/c17-12-11(20-14(19)15-12)9-8-5-1-3-7-4-2-6-16(10(7)8)13(9)18/h1,3,5H,2,4,6H2,(H,15,17,19)/b11-9-. The minimum absolute atomic E-state index is 0.167. The van der Waals surface area contributed by atoms with E-state index in [0.717, 1.165) is 41.4 Å². The maximum Gasteiger partial charge on any atom is 0.290 e. The Bertz CT molecular complexity index is 723. The first-order valence-electron chi connectivity index (χ1n) is 6.38. The number of nitrogens with one attached hydrogen (secondary N) is 1. The van der Waals surface area contributed by atoms with E-state index in [1.165, 1.54) is 0 Å². The molecule has 1 N–H and O–H groups in total. The molecule has 5 nitrogen and oxygen atoms in total. The van der Waals surface area contributed by atoms with Gasteiger partial charge in [-0.25, -0.2) is 0 Å². The molecule has 1 aromatic rings. The van der Waals surface area contributed by atoms with Gasteiger partial charge in [-0.2, -0.15) is 0 Å². The van der Waals surface area contributed by atoms with E-state index in [0.29, 0.717) is 12.1 Å². The fourth-order valence-electron chi connectivity index (χ4n) is 3.00. The number of benzene rings is 1. The monoisotopic (exact) mass is 286 g/mol. The molecule has 0 aromatic heterocycles. The quantitative estimate of drug-likeness (QED) is 0.737. The summed E-state index contributed by atoms with van der Waals surface area (Å²) in [4.78, 5) is 37.7. The van der Waals surface area contributed by atoms with Gasteiger partial charge in [0, 0.05) is 12.1 Å². The van der Waals surface area contributed by atoms with E-state index in [-0.39, 0.29) is 10.8 Å². The fourth-order valence-corrected chi connectivity index (χ4v) is 3.78. The zero-order chi connectivity index (χ0) is 13.9. The molecule has 3 aliphatic rings. The fraction of sp³-hybridized carbons (Fsp3) is 0.214. The molecule has 0 spiro atoms. The summed E-state index contributed by atoms with van der Waals surface area (Å²) in [7, 11) is 0. The molecule has 0 aliphatic carbocycles. The van der Waals surface area contributed by atoms with Gasteiger partial charge < -0.3 is 4.90 Å². The number of thioether (sulfide) groups is 1. The highest BCUT2D eigenvalue weighted by atomic mass is 32.2. The van der Waals surface area contributed by atoms with Crippen molar-refractivity contribution in [3.05, 3.63) is 34.2 Å². The van der Waals surface area contributed by atoms with Crippen molar-refractivity contribution in [1.82, 2.24) is 5.32 Å². The Morgan fingerprint density at radius 2 is 2.05 bits per heavy atom. The van der Waals surface area contributed by atoms with E-state index < -0.39 is 11.1 Å². The lowest BCUT2D eigenvalue weighted by atomic mass is 9.98. The molecule has 6 heteroatoms. The molecule has 1 saturated heterocycles.